The molecule has 4 heteroatoms. The summed E-state index contributed by atoms with van der Waals surface area (Å²) in [5, 5.41) is 13.7. The molecule has 1 saturated carbocycles. The number of nitrogens with zero attached hydrogens (tertiary/aromatic N) is 2. The summed E-state index contributed by atoms with van der Waals surface area (Å²) < 4.78 is 0. The van der Waals surface area contributed by atoms with Gasteiger partial charge in [0.05, 0.1) is 4.88 Å². The molecule has 0 unspecified atom stereocenters. The summed E-state index contributed by atoms with van der Waals surface area (Å²) in [5.41, 5.74) is 0.950. The minimum Gasteiger partial charge on any atom is -0.366 e. The maximum atomic E-state index is 4.20. The SMILES string of the molecule is c1csc(-c2ccc(NC3CC3)nn2)c1. The molecule has 0 spiro atoms. The molecule has 15 heavy (non-hydrogen) atoms. The molecule has 2 aromatic heterocycles. The molecule has 0 aromatic carbocycles. The van der Waals surface area contributed by atoms with Crippen molar-refractivity contribution in [1.82, 2.24) is 10.2 Å². The van der Waals surface area contributed by atoms with Crippen LogP contribution in [0.3, 0.4) is 0 Å². The average Bonchev–Trinajstić information content (AvgIpc) is 2.92. The first-order valence-corrected chi connectivity index (χ1v) is 5.94. The highest BCUT2D eigenvalue weighted by Gasteiger charge is 2.21. The van der Waals surface area contributed by atoms with Crippen molar-refractivity contribution in [3.05, 3.63) is 29.6 Å². The van der Waals surface area contributed by atoms with Gasteiger partial charge >= 0.3 is 0 Å². The smallest absolute Gasteiger partial charge is 0.148 e. The van der Waals surface area contributed by atoms with Gasteiger partial charge in [-0.1, -0.05) is 6.07 Å². The lowest BCUT2D eigenvalue weighted by atomic mass is 10.3. The van der Waals surface area contributed by atoms with Crippen LogP contribution in [-0.4, -0.2) is 16.2 Å². The van der Waals surface area contributed by atoms with Gasteiger partial charge in [-0.2, -0.15) is 0 Å². The quantitative estimate of drug-likeness (QED) is 0.859. The first-order valence-electron chi connectivity index (χ1n) is 5.06. The Labute approximate surface area is 92.2 Å². The Morgan fingerprint density at radius 1 is 1.20 bits per heavy atom. The van der Waals surface area contributed by atoms with Crippen molar-refractivity contribution in [3.8, 4) is 10.6 Å². The van der Waals surface area contributed by atoms with Gasteiger partial charge in [0.15, 0.2) is 0 Å². The van der Waals surface area contributed by atoms with Crippen LogP contribution in [-0.2, 0) is 0 Å². The molecule has 2 aromatic rings. The highest BCUT2D eigenvalue weighted by molar-refractivity contribution is 7.13. The van der Waals surface area contributed by atoms with Gasteiger partial charge in [0.2, 0.25) is 0 Å². The summed E-state index contributed by atoms with van der Waals surface area (Å²) in [6.45, 7) is 0. The van der Waals surface area contributed by atoms with Crippen molar-refractivity contribution in [2.24, 2.45) is 0 Å². The summed E-state index contributed by atoms with van der Waals surface area (Å²) in [6, 6.07) is 8.73. The monoisotopic (exact) mass is 217 g/mol. The zero-order valence-electron chi connectivity index (χ0n) is 8.18. The summed E-state index contributed by atoms with van der Waals surface area (Å²) in [4.78, 5) is 1.17. The summed E-state index contributed by atoms with van der Waals surface area (Å²) in [7, 11) is 0. The Hall–Kier alpha value is -1.42. The molecule has 1 N–H and O–H groups in total. The van der Waals surface area contributed by atoms with Gasteiger partial charge in [-0.05, 0) is 36.4 Å². The lowest BCUT2D eigenvalue weighted by Gasteiger charge is -2.02. The molecule has 0 saturated heterocycles. The van der Waals surface area contributed by atoms with E-state index in [1.165, 1.54) is 17.7 Å². The Balaban J connectivity index is 1.80. The highest BCUT2D eigenvalue weighted by Crippen LogP contribution is 2.25. The van der Waals surface area contributed by atoms with Gasteiger partial charge < -0.3 is 5.32 Å². The van der Waals surface area contributed by atoms with Gasteiger partial charge in [-0.3, -0.25) is 0 Å². The number of anilines is 1. The van der Waals surface area contributed by atoms with E-state index in [2.05, 4.69) is 21.6 Å². The molecule has 2 heterocycles. The predicted molar refractivity (Wildman–Crippen MR) is 62.0 cm³/mol. The van der Waals surface area contributed by atoms with E-state index >= 15 is 0 Å². The first kappa shape index (κ1) is 8.85. The van der Waals surface area contributed by atoms with Crippen molar-refractivity contribution in [2.45, 2.75) is 18.9 Å². The second-order valence-electron chi connectivity index (χ2n) is 3.70. The van der Waals surface area contributed by atoms with Crippen LogP contribution in [0.5, 0.6) is 0 Å². The third-order valence-electron chi connectivity index (χ3n) is 2.37. The summed E-state index contributed by atoms with van der Waals surface area (Å²) >= 11 is 1.69. The van der Waals surface area contributed by atoms with Crippen molar-refractivity contribution in [2.75, 3.05) is 5.32 Å². The molecule has 0 bridgehead atoms. The Bertz CT molecular complexity index is 431. The fraction of sp³-hybridized carbons (Fsp3) is 0.273. The molecule has 1 aliphatic rings. The predicted octanol–water partition coefficient (Wildman–Crippen LogP) is 2.78. The van der Waals surface area contributed by atoms with Crippen LogP contribution >= 0.6 is 11.3 Å². The molecule has 3 nitrogen and oxygen atoms in total. The molecule has 0 atom stereocenters. The highest BCUT2D eigenvalue weighted by atomic mass is 32.1. The molecule has 0 amide bonds. The molecular weight excluding hydrogens is 206 g/mol. The van der Waals surface area contributed by atoms with E-state index in [-0.39, 0.29) is 0 Å². The topological polar surface area (TPSA) is 37.8 Å². The second-order valence-corrected chi connectivity index (χ2v) is 4.65. The Morgan fingerprint density at radius 2 is 2.13 bits per heavy atom. The molecule has 76 valence electrons. The lowest BCUT2D eigenvalue weighted by Crippen LogP contribution is -2.03. The van der Waals surface area contributed by atoms with E-state index in [1.807, 2.05) is 23.6 Å². The first-order chi connectivity index (χ1) is 7.42. The number of aromatic nitrogens is 2. The lowest BCUT2D eigenvalue weighted by molar-refractivity contribution is 1.01. The largest absolute Gasteiger partial charge is 0.366 e. The van der Waals surface area contributed by atoms with Crippen molar-refractivity contribution < 1.29 is 0 Å². The number of hydrogen-bond donors (Lipinski definition) is 1. The molecular formula is C11H11N3S. The summed E-state index contributed by atoms with van der Waals surface area (Å²) in [5.74, 6) is 0.887. The minimum atomic E-state index is 0.631. The van der Waals surface area contributed by atoms with Gasteiger partial charge in [0.1, 0.15) is 11.5 Å². The zero-order valence-corrected chi connectivity index (χ0v) is 9.00. The molecule has 1 fully saturated rings. The Morgan fingerprint density at radius 3 is 2.73 bits per heavy atom. The van der Waals surface area contributed by atoms with E-state index in [1.54, 1.807) is 11.3 Å². The van der Waals surface area contributed by atoms with Crippen LogP contribution in [0.4, 0.5) is 5.82 Å². The van der Waals surface area contributed by atoms with Crippen LogP contribution in [0.1, 0.15) is 12.8 Å². The Kier molecular flexibility index (Phi) is 2.14. The maximum Gasteiger partial charge on any atom is 0.148 e. The number of thiophene rings is 1. The molecule has 0 radical (unpaired) electrons. The molecule has 0 aliphatic heterocycles. The number of hydrogen-bond acceptors (Lipinski definition) is 4. The van der Waals surface area contributed by atoms with Crippen molar-refractivity contribution >= 4 is 17.2 Å². The number of nitrogens with one attached hydrogen (secondary N) is 1. The van der Waals surface area contributed by atoms with E-state index in [4.69, 9.17) is 0 Å². The minimum absolute atomic E-state index is 0.631. The fourth-order valence-electron chi connectivity index (χ4n) is 1.40. The van der Waals surface area contributed by atoms with E-state index in [0.717, 1.165) is 11.5 Å². The molecule has 1 aliphatic carbocycles. The standard InChI is InChI=1S/C11H11N3S/c1-2-10(15-7-1)9-5-6-11(14-13-9)12-8-3-4-8/h1-2,5-8H,3-4H2,(H,12,14). The second kappa shape index (κ2) is 3.62. The van der Waals surface area contributed by atoms with Crippen LogP contribution < -0.4 is 5.32 Å². The zero-order chi connectivity index (χ0) is 10.1. The van der Waals surface area contributed by atoms with Crippen LogP contribution in [0, 0.1) is 0 Å². The van der Waals surface area contributed by atoms with Crippen molar-refractivity contribution in [1.29, 1.82) is 0 Å². The van der Waals surface area contributed by atoms with Gasteiger partial charge in [0.25, 0.3) is 0 Å². The van der Waals surface area contributed by atoms with Crippen LogP contribution in [0.15, 0.2) is 29.6 Å². The van der Waals surface area contributed by atoms with Crippen molar-refractivity contribution in [3.63, 3.8) is 0 Å². The fourth-order valence-corrected chi connectivity index (χ4v) is 2.09. The van der Waals surface area contributed by atoms with Crippen LogP contribution in [0.25, 0.3) is 10.6 Å². The third-order valence-corrected chi connectivity index (χ3v) is 3.26. The normalized spacial score (nSPS) is 15.2. The maximum absolute atomic E-state index is 4.20. The van der Waals surface area contributed by atoms with E-state index in [9.17, 15) is 0 Å². The van der Waals surface area contributed by atoms with E-state index < -0.39 is 0 Å². The van der Waals surface area contributed by atoms with Gasteiger partial charge in [0, 0.05) is 6.04 Å². The molecule has 3 rings (SSSR count). The van der Waals surface area contributed by atoms with E-state index in [0.29, 0.717) is 6.04 Å². The van der Waals surface area contributed by atoms with Gasteiger partial charge in [-0.25, -0.2) is 0 Å². The summed E-state index contributed by atoms with van der Waals surface area (Å²) in [6.07, 6.45) is 2.52. The third kappa shape index (κ3) is 1.99. The van der Waals surface area contributed by atoms with Crippen LogP contribution in [0.2, 0.25) is 0 Å². The number of rotatable bonds is 3. The van der Waals surface area contributed by atoms with Gasteiger partial charge in [-0.15, -0.1) is 21.5 Å². The average molecular weight is 217 g/mol.